The van der Waals surface area contributed by atoms with Crippen molar-refractivity contribution >= 4 is 11.5 Å². The van der Waals surface area contributed by atoms with Crippen LogP contribution < -0.4 is 9.64 Å². The summed E-state index contributed by atoms with van der Waals surface area (Å²) in [5.74, 6) is 0.150. The fourth-order valence-corrected chi connectivity index (χ4v) is 1.83. The molecule has 0 aromatic carbocycles. The van der Waals surface area contributed by atoms with Gasteiger partial charge in [0, 0.05) is 12.6 Å². The summed E-state index contributed by atoms with van der Waals surface area (Å²) in [6, 6.07) is 0.204. The van der Waals surface area contributed by atoms with Gasteiger partial charge < -0.3 is 14.7 Å². The summed E-state index contributed by atoms with van der Waals surface area (Å²) in [6.45, 7) is 0.228. The minimum atomic E-state index is -0.555. The molecule has 1 aliphatic rings. The smallest absolute Gasteiger partial charge is 0.372 e. The van der Waals surface area contributed by atoms with Crippen molar-refractivity contribution in [3.63, 3.8) is 0 Å². The van der Waals surface area contributed by atoms with Crippen LogP contribution in [0.3, 0.4) is 0 Å². The number of rotatable bonds is 6. The van der Waals surface area contributed by atoms with Crippen LogP contribution in [-0.2, 0) is 0 Å². The summed E-state index contributed by atoms with van der Waals surface area (Å²) in [5, 5.41) is 20.2. The first-order valence-corrected chi connectivity index (χ1v) is 5.60. The Morgan fingerprint density at radius 3 is 2.83 bits per heavy atom. The van der Waals surface area contributed by atoms with Gasteiger partial charge in [-0.05, 0) is 12.8 Å². The van der Waals surface area contributed by atoms with Gasteiger partial charge in [0.2, 0.25) is 5.82 Å². The predicted molar refractivity (Wildman–Crippen MR) is 62.7 cm³/mol. The lowest BCUT2D eigenvalue weighted by Crippen LogP contribution is -2.30. The number of nitro groups is 1. The fourth-order valence-electron chi connectivity index (χ4n) is 1.83. The molecule has 1 saturated carbocycles. The summed E-state index contributed by atoms with van der Waals surface area (Å²) >= 11 is 0. The van der Waals surface area contributed by atoms with Crippen LogP contribution in [0.1, 0.15) is 12.8 Å². The second kappa shape index (κ2) is 5.13. The summed E-state index contributed by atoms with van der Waals surface area (Å²) in [5.41, 5.74) is -0.250. The number of ether oxygens (including phenoxy) is 1. The van der Waals surface area contributed by atoms with Crippen molar-refractivity contribution in [2.24, 2.45) is 0 Å². The SMILES string of the molecule is COc1ncnc(N(CCO)C2CC2)c1[N+](=O)[O-]. The van der Waals surface area contributed by atoms with E-state index in [1.165, 1.54) is 13.4 Å². The number of nitrogens with zero attached hydrogens (tertiary/aromatic N) is 4. The number of hydrogen-bond donors (Lipinski definition) is 1. The standard InChI is InChI=1S/C10H14N4O4/c1-18-10-8(14(16)17)9(11-6-12-10)13(4-5-15)7-2-3-7/h6-7,15H,2-5H2,1H3. The molecule has 1 N–H and O–H groups in total. The first-order chi connectivity index (χ1) is 8.69. The molecule has 1 aromatic heterocycles. The lowest BCUT2D eigenvalue weighted by molar-refractivity contribution is -0.385. The molecule has 2 rings (SSSR count). The largest absolute Gasteiger partial charge is 0.476 e. The Balaban J connectivity index is 2.43. The molecule has 1 fully saturated rings. The Kier molecular flexibility index (Phi) is 3.56. The van der Waals surface area contributed by atoms with Gasteiger partial charge in [0.25, 0.3) is 5.88 Å². The molecule has 8 heteroatoms. The Bertz CT molecular complexity index is 450. The molecule has 0 spiro atoms. The van der Waals surface area contributed by atoms with Crippen LogP contribution >= 0.6 is 0 Å². The van der Waals surface area contributed by atoms with E-state index in [1.807, 2.05) is 0 Å². The third-order valence-electron chi connectivity index (χ3n) is 2.75. The van der Waals surface area contributed by atoms with Crippen LogP contribution in [0.5, 0.6) is 5.88 Å². The van der Waals surface area contributed by atoms with Crippen molar-refractivity contribution in [3.05, 3.63) is 16.4 Å². The average Bonchev–Trinajstić information content (AvgIpc) is 3.19. The predicted octanol–water partition coefficient (Wildman–Crippen LogP) is 0.354. The van der Waals surface area contributed by atoms with Crippen LogP contribution in [0.2, 0.25) is 0 Å². The van der Waals surface area contributed by atoms with Gasteiger partial charge in [-0.2, -0.15) is 4.98 Å². The van der Waals surface area contributed by atoms with E-state index in [9.17, 15) is 10.1 Å². The van der Waals surface area contributed by atoms with Gasteiger partial charge in [-0.15, -0.1) is 0 Å². The highest BCUT2D eigenvalue weighted by Gasteiger charge is 2.36. The fraction of sp³-hybridized carbons (Fsp3) is 0.600. The van der Waals surface area contributed by atoms with E-state index < -0.39 is 4.92 Å². The quantitative estimate of drug-likeness (QED) is 0.577. The zero-order valence-corrected chi connectivity index (χ0v) is 9.94. The number of aliphatic hydroxyl groups is 1. The second-order valence-corrected chi connectivity index (χ2v) is 3.96. The molecule has 0 saturated heterocycles. The number of aromatic nitrogens is 2. The molecule has 98 valence electrons. The van der Waals surface area contributed by atoms with Crippen LogP contribution in [0.15, 0.2) is 6.33 Å². The summed E-state index contributed by atoms with van der Waals surface area (Å²) < 4.78 is 4.89. The van der Waals surface area contributed by atoms with Crippen LogP contribution in [-0.4, -0.2) is 46.3 Å². The molecule has 18 heavy (non-hydrogen) atoms. The second-order valence-electron chi connectivity index (χ2n) is 3.96. The van der Waals surface area contributed by atoms with Crippen molar-refractivity contribution in [1.29, 1.82) is 0 Å². The van der Waals surface area contributed by atoms with Crippen molar-refractivity contribution in [2.45, 2.75) is 18.9 Å². The van der Waals surface area contributed by atoms with Gasteiger partial charge in [-0.25, -0.2) is 4.98 Å². The van der Waals surface area contributed by atoms with E-state index >= 15 is 0 Å². The van der Waals surface area contributed by atoms with E-state index in [4.69, 9.17) is 9.84 Å². The third-order valence-corrected chi connectivity index (χ3v) is 2.75. The third kappa shape index (κ3) is 2.33. The monoisotopic (exact) mass is 254 g/mol. The highest BCUT2D eigenvalue weighted by atomic mass is 16.6. The topological polar surface area (TPSA) is 102 Å². The molecular formula is C10H14N4O4. The van der Waals surface area contributed by atoms with Gasteiger partial charge in [-0.3, -0.25) is 10.1 Å². The average molecular weight is 254 g/mol. The first kappa shape index (κ1) is 12.5. The van der Waals surface area contributed by atoms with E-state index in [-0.39, 0.29) is 30.0 Å². The molecule has 8 nitrogen and oxygen atoms in total. The Morgan fingerprint density at radius 1 is 1.61 bits per heavy atom. The number of anilines is 1. The van der Waals surface area contributed by atoms with Gasteiger partial charge in [0.15, 0.2) is 0 Å². The lowest BCUT2D eigenvalue weighted by atomic mass is 10.3. The van der Waals surface area contributed by atoms with Gasteiger partial charge in [0.1, 0.15) is 6.33 Å². The number of aliphatic hydroxyl groups excluding tert-OH is 1. The zero-order chi connectivity index (χ0) is 13.1. The Hall–Kier alpha value is -1.96. The number of hydrogen-bond acceptors (Lipinski definition) is 7. The van der Waals surface area contributed by atoms with Gasteiger partial charge in [-0.1, -0.05) is 0 Å². The molecule has 1 heterocycles. The van der Waals surface area contributed by atoms with E-state index in [0.717, 1.165) is 12.8 Å². The van der Waals surface area contributed by atoms with Crippen molar-refractivity contribution < 1.29 is 14.8 Å². The molecule has 0 radical (unpaired) electrons. The Morgan fingerprint density at radius 2 is 2.33 bits per heavy atom. The van der Waals surface area contributed by atoms with Gasteiger partial charge in [0.05, 0.1) is 18.6 Å². The maximum atomic E-state index is 11.1. The molecule has 0 bridgehead atoms. The van der Waals surface area contributed by atoms with Crippen LogP contribution in [0, 0.1) is 10.1 Å². The van der Waals surface area contributed by atoms with Crippen LogP contribution in [0.4, 0.5) is 11.5 Å². The molecule has 0 aliphatic heterocycles. The summed E-state index contributed by atoms with van der Waals surface area (Å²) in [6.07, 6.45) is 3.13. The first-order valence-electron chi connectivity index (χ1n) is 5.60. The highest BCUT2D eigenvalue weighted by Crippen LogP contribution is 2.38. The lowest BCUT2D eigenvalue weighted by Gasteiger charge is -2.21. The van der Waals surface area contributed by atoms with Crippen molar-refractivity contribution in [2.75, 3.05) is 25.2 Å². The van der Waals surface area contributed by atoms with Crippen LogP contribution in [0.25, 0.3) is 0 Å². The van der Waals surface area contributed by atoms with E-state index in [2.05, 4.69) is 9.97 Å². The van der Waals surface area contributed by atoms with Gasteiger partial charge >= 0.3 is 5.69 Å². The molecule has 0 unspecified atom stereocenters. The van der Waals surface area contributed by atoms with Crippen molar-refractivity contribution in [3.8, 4) is 5.88 Å². The van der Waals surface area contributed by atoms with Crippen molar-refractivity contribution in [1.82, 2.24) is 9.97 Å². The van der Waals surface area contributed by atoms with E-state index in [0.29, 0.717) is 6.54 Å². The maximum absolute atomic E-state index is 11.1. The summed E-state index contributed by atoms with van der Waals surface area (Å²) in [4.78, 5) is 20.0. The zero-order valence-electron chi connectivity index (χ0n) is 9.94. The summed E-state index contributed by atoms with van der Waals surface area (Å²) in [7, 11) is 1.33. The minimum Gasteiger partial charge on any atom is -0.476 e. The minimum absolute atomic E-state index is 0.0615. The molecule has 0 atom stereocenters. The normalized spacial score (nSPS) is 14.3. The molecular weight excluding hydrogens is 240 g/mol. The highest BCUT2D eigenvalue weighted by molar-refractivity contribution is 5.63. The number of methoxy groups -OCH3 is 1. The van der Waals surface area contributed by atoms with E-state index in [1.54, 1.807) is 4.90 Å². The maximum Gasteiger partial charge on any atom is 0.372 e. The molecule has 1 aromatic rings. The Labute approximate surface area is 103 Å². The molecule has 0 amide bonds. The molecule has 1 aliphatic carbocycles.